The highest BCUT2D eigenvalue weighted by atomic mass is 19.4. The molecule has 0 aliphatic carbocycles. The second-order valence-electron chi connectivity index (χ2n) is 6.76. The lowest BCUT2D eigenvalue weighted by atomic mass is 9.88. The number of pyridine rings is 1. The number of H-pyrrole nitrogens is 1. The van der Waals surface area contributed by atoms with Gasteiger partial charge in [-0.2, -0.15) is 18.4 Å². The van der Waals surface area contributed by atoms with Crippen molar-refractivity contribution in [3.05, 3.63) is 51.2 Å². The summed E-state index contributed by atoms with van der Waals surface area (Å²) in [6, 6.07) is 4.14. The van der Waals surface area contributed by atoms with Crippen LogP contribution in [0.4, 0.5) is 13.2 Å². The summed E-state index contributed by atoms with van der Waals surface area (Å²) in [6.45, 7) is 5.35. The standard InChI is InChI=1S/C17H19F3N4O/c1-16(2,3)14-11(6-4-8-21)15(25)24(23-14)10-13-12(17(18,19)20)7-5-9-22-13/h5,7,9,23H,4,6,10H2,1-3H3. The Bertz CT molecular complexity index is 850. The van der Waals surface area contributed by atoms with Gasteiger partial charge in [0.15, 0.2) is 0 Å². The summed E-state index contributed by atoms with van der Waals surface area (Å²) in [5.74, 6) is 0. The molecule has 0 saturated carbocycles. The van der Waals surface area contributed by atoms with Crippen molar-refractivity contribution in [2.75, 3.05) is 0 Å². The molecular weight excluding hydrogens is 333 g/mol. The molecule has 134 valence electrons. The monoisotopic (exact) mass is 352 g/mol. The third-order valence-corrected chi connectivity index (χ3v) is 3.79. The van der Waals surface area contributed by atoms with E-state index in [9.17, 15) is 18.0 Å². The van der Waals surface area contributed by atoms with Crippen LogP contribution in [0.3, 0.4) is 0 Å². The van der Waals surface area contributed by atoms with E-state index in [2.05, 4.69) is 10.1 Å². The molecule has 0 bridgehead atoms. The summed E-state index contributed by atoms with van der Waals surface area (Å²) in [4.78, 5) is 16.4. The highest BCUT2D eigenvalue weighted by molar-refractivity contribution is 5.27. The second kappa shape index (κ2) is 6.75. The number of nitrogens with one attached hydrogen (secondary N) is 1. The van der Waals surface area contributed by atoms with Gasteiger partial charge in [-0.25, -0.2) is 4.68 Å². The maximum absolute atomic E-state index is 13.1. The van der Waals surface area contributed by atoms with Crippen molar-refractivity contribution in [2.45, 2.75) is 51.7 Å². The van der Waals surface area contributed by atoms with Crippen molar-refractivity contribution in [2.24, 2.45) is 0 Å². The number of rotatable bonds is 4. The molecule has 0 unspecified atom stereocenters. The zero-order valence-electron chi connectivity index (χ0n) is 14.2. The Morgan fingerprint density at radius 1 is 1.32 bits per heavy atom. The Labute approximate surface area is 143 Å². The predicted molar refractivity (Wildman–Crippen MR) is 86.0 cm³/mol. The third-order valence-electron chi connectivity index (χ3n) is 3.79. The molecule has 2 rings (SSSR count). The molecule has 0 aromatic carbocycles. The van der Waals surface area contributed by atoms with Crippen molar-refractivity contribution < 1.29 is 13.2 Å². The van der Waals surface area contributed by atoms with Gasteiger partial charge in [-0.3, -0.25) is 14.9 Å². The van der Waals surface area contributed by atoms with Crippen molar-refractivity contribution in [1.82, 2.24) is 14.8 Å². The summed E-state index contributed by atoms with van der Waals surface area (Å²) in [5, 5.41) is 11.7. The number of aromatic amines is 1. The van der Waals surface area contributed by atoms with Crippen LogP contribution in [0.5, 0.6) is 0 Å². The van der Waals surface area contributed by atoms with E-state index in [-0.39, 0.29) is 25.1 Å². The molecule has 5 nitrogen and oxygen atoms in total. The van der Waals surface area contributed by atoms with E-state index in [1.165, 1.54) is 12.3 Å². The van der Waals surface area contributed by atoms with Crippen molar-refractivity contribution in [3.8, 4) is 6.07 Å². The Morgan fingerprint density at radius 3 is 2.56 bits per heavy atom. The number of alkyl halides is 3. The molecule has 0 radical (unpaired) electrons. The van der Waals surface area contributed by atoms with Gasteiger partial charge in [-0.05, 0) is 18.6 Å². The first-order valence-corrected chi connectivity index (χ1v) is 7.76. The summed E-state index contributed by atoms with van der Waals surface area (Å²) >= 11 is 0. The van der Waals surface area contributed by atoms with Crippen LogP contribution in [-0.2, 0) is 24.6 Å². The van der Waals surface area contributed by atoms with Crippen LogP contribution >= 0.6 is 0 Å². The van der Waals surface area contributed by atoms with Gasteiger partial charge < -0.3 is 0 Å². The maximum Gasteiger partial charge on any atom is 0.418 e. The number of nitriles is 1. The fraction of sp³-hybridized carbons (Fsp3) is 0.471. The molecule has 2 heterocycles. The molecule has 0 fully saturated rings. The summed E-state index contributed by atoms with van der Waals surface area (Å²) in [6.07, 6.45) is -2.87. The van der Waals surface area contributed by atoms with Gasteiger partial charge in [0, 0.05) is 29.3 Å². The van der Waals surface area contributed by atoms with Crippen molar-refractivity contribution >= 4 is 0 Å². The van der Waals surface area contributed by atoms with Gasteiger partial charge in [0.1, 0.15) is 0 Å². The summed E-state index contributed by atoms with van der Waals surface area (Å²) in [7, 11) is 0. The second-order valence-corrected chi connectivity index (χ2v) is 6.76. The molecule has 0 saturated heterocycles. The van der Waals surface area contributed by atoms with Crippen LogP contribution in [0.1, 0.15) is 49.7 Å². The molecule has 0 spiro atoms. The van der Waals surface area contributed by atoms with Gasteiger partial charge in [0.05, 0.1) is 23.9 Å². The lowest BCUT2D eigenvalue weighted by Gasteiger charge is -2.18. The largest absolute Gasteiger partial charge is 0.418 e. The molecular formula is C17H19F3N4O. The molecule has 0 aliphatic heterocycles. The van der Waals surface area contributed by atoms with Crippen molar-refractivity contribution in [1.29, 1.82) is 5.26 Å². The number of hydrogen-bond acceptors (Lipinski definition) is 3. The Morgan fingerprint density at radius 2 is 2.00 bits per heavy atom. The van der Waals surface area contributed by atoms with E-state index in [0.717, 1.165) is 10.7 Å². The van der Waals surface area contributed by atoms with E-state index >= 15 is 0 Å². The minimum absolute atomic E-state index is 0.160. The quantitative estimate of drug-likeness (QED) is 0.916. The van der Waals surface area contributed by atoms with Gasteiger partial charge in [-0.1, -0.05) is 20.8 Å². The van der Waals surface area contributed by atoms with Crippen LogP contribution in [0, 0.1) is 11.3 Å². The van der Waals surface area contributed by atoms with E-state index in [1.54, 1.807) is 0 Å². The van der Waals surface area contributed by atoms with Gasteiger partial charge >= 0.3 is 6.18 Å². The first kappa shape index (κ1) is 18.8. The van der Waals surface area contributed by atoms with Crippen LogP contribution in [0.2, 0.25) is 0 Å². The van der Waals surface area contributed by atoms with Gasteiger partial charge in [0.25, 0.3) is 5.56 Å². The van der Waals surface area contributed by atoms with Gasteiger partial charge in [0.2, 0.25) is 0 Å². The minimum Gasteiger partial charge on any atom is -0.299 e. The molecule has 0 amide bonds. The normalized spacial score (nSPS) is 12.2. The number of hydrogen-bond donors (Lipinski definition) is 1. The molecule has 8 heteroatoms. The summed E-state index contributed by atoms with van der Waals surface area (Å²) < 4.78 is 40.5. The van der Waals surface area contributed by atoms with Crippen LogP contribution in [-0.4, -0.2) is 14.8 Å². The smallest absolute Gasteiger partial charge is 0.299 e. The zero-order chi connectivity index (χ0) is 18.8. The maximum atomic E-state index is 13.1. The topological polar surface area (TPSA) is 74.5 Å². The molecule has 2 aromatic rings. The lowest BCUT2D eigenvalue weighted by Crippen LogP contribution is -2.22. The molecule has 25 heavy (non-hydrogen) atoms. The van der Waals surface area contributed by atoms with E-state index in [4.69, 9.17) is 5.26 Å². The molecule has 2 aromatic heterocycles. The highest BCUT2D eigenvalue weighted by Crippen LogP contribution is 2.31. The van der Waals surface area contributed by atoms with Crippen molar-refractivity contribution in [3.63, 3.8) is 0 Å². The average Bonchev–Trinajstić information content (AvgIpc) is 2.81. The predicted octanol–water partition coefficient (Wildman–Crippen LogP) is 3.39. The minimum atomic E-state index is -4.55. The Kier molecular flexibility index (Phi) is 5.07. The Balaban J connectivity index is 2.51. The molecule has 0 atom stereocenters. The van der Waals surface area contributed by atoms with Crippen LogP contribution in [0.25, 0.3) is 0 Å². The van der Waals surface area contributed by atoms with E-state index < -0.39 is 22.7 Å². The van der Waals surface area contributed by atoms with Crippen LogP contribution < -0.4 is 5.56 Å². The zero-order valence-corrected chi connectivity index (χ0v) is 14.2. The molecule has 0 aliphatic rings. The first-order valence-electron chi connectivity index (χ1n) is 7.76. The number of aromatic nitrogens is 3. The highest BCUT2D eigenvalue weighted by Gasteiger charge is 2.34. The summed E-state index contributed by atoms with van der Waals surface area (Å²) in [5.41, 5.74) is -0.876. The van der Waals surface area contributed by atoms with E-state index in [0.29, 0.717) is 11.3 Å². The van der Waals surface area contributed by atoms with E-state index in [1.807, 2.05) is 26.8 Å². The van der Waals surface area contributed by atoms with Crippen LogP contribution in [0.15, 0.2) is 23.1 Å². The number of halogens is 3. The SMILES string of the molecule is CC(C)(C)c1[nH]n(Cc2ncccc2C(F)(F)F)c(=O)c1CCC#N. The average molecular weight is 352 g/mol. The molecule has 1 N–H and O–H groups in total. The lowest BCUT2D eigenvalue weighted by molar-refractivity contribution is -0.138. The van der Waals surface area contributed by atoms with Gasteiger partial charge in [-0.15, -0.1) is 0 Å². The first-order chi connectivity index (χ1) is 11.6. The Hall–Kier alpha value is -2.56. The fourth-order valence-corrected chi connectivity index (χ4v) is 2.64. The number of nitrogens with zero attached hydrogens (tertiary/aromatic N) is 3. The third kappa shape index (κ3) is 4.10. The fourth-order valence-electron chi connectivity index (χ4n) is 2.64.